The molecule has 0 unspecified atom stereocenters. The molecular weight excluding hydrogens is 284 g/mol. The van der Waals surface area contributed by atoms with Gasteiger partial charge in [0, 0.05) is 13.5 Å². The third kappa shape index (κ3) is 3.72. The summed E-state index contributed by atoms with van der Waals surface area (Å²) in [6, 6.07) is 0. The van der Waals surface area contributed by atoms with Crippen molar-refractivity contribution in [3.8, 4) is 0 Å². The second-order valence-electron chi connectivity index (χ2n) is 4.23. The van der Waals surface area contributed by atoms with Crippen LogP contribution in [0.4, 0.5) is 0 Å². The minimum atomic E-state index is -1.03. The van der Waals surface area contributed by atoms with Gasteiger partial charge < -0.3 is 9.47 Å². The number of hydrogen-bond donors (Lipinski definition) is 0. The minimum Gasteiger partial charge on any atom is -0.465 e. The standard InChI is InChI=1S/C13H19ClN2O4/c1-5-19-12(17)9(13(18)20-6-2)7-10-11(14)8(3)15-16(10)4/h9H,5-7H2,1-4H3. The summed E-state index contributed by atoms with van der Waals surface area (Å²) >= 11 is 6.13. The van der Waals surface area contributed by atoms with E-state index in [1.807, 2.05) is 0 Å². The molecule has 0 aromatic carbocycles. The zero-order chi connectivity index (χ0) is 15.3. The molecule has 0 aliphatic carbocycles. The Kier molecular flexibility index (Phi) is 6.01. The van der Waals surface area contributed by atoms with Crippen LogP contribution in [0.2, 0.25) is 5.02 Å². The van der Waals surface area contributed by atoms with E-state index in [1.54, 1.807) is 32.5 Å². The third-order valence-electron chi connectivity index (χ3n) is 2.80. The van der Waals surface area contributed by atoms with Gasteiger partial charge >= 0.3 is 11.9 Å². The minimum absolute atomic E-state index is 0.105. The fourth-order valence-electron chi connectivity index (χ4n) is 1.84. The monoisotopic (exact) mass is 302 g/mol. The van der Waals surface area contributed by atoms with Crippen molar-refractivity contribution in [1.82, 2.24) is 9.78 Å². The highest BCUT2D eigenvalue weighted by atomic mass is 35.5. The first-order valence-corrected chi connectivity index (χ1v) is 6.81. The summed E-state index contributed by atoms with van der Waals surface area (Å²) in [6.07, 6.45) is 0.105. The van der Waals surface area contributed by atoms with Crippen molar-refractivity contribution < 1.29 is 19.1 Å². The molecule has 20 heavy (non-hydrogen) atoms. The molecule has 0 atom stereocenters. The molecule has 0 radical (unpaired) electrons. The molecule has 7 heteroatoms. The number of rotatable bonds is 6. The maximum absolute atomic E-state index is 11.9. The molecule has 0 fully saturated rings. The van der Waals surface area contributed by atoms with Crippen molar-refractivity contribution in [3.63, 3.8) is 0 Å². The number of aryl methyl sites for hydroxylation is 2. The van der Waals surface area contributed by atoms with Gasteiger partial charge in [-0.2, -0.15) is 5.10 Å². The third-order valence-corrected chi connectivity index (χ3v) is 3.29. The van der Waals surface area contributed by atoms with E-state index in [0.717, 1.165) is 0 Å². The molecule has 0 saturated heterocycles. The average molecular weight is 303 g/mol. The largest absolute Gasteiger partial charge is 0.465 e. The lowest BCUT2D eigenvalue weighted by atomic mass is 10.0. The predicted molar refractivity (Wildman–Crippen MR) is 73.4 cm³/mol. The Morgan fingerprint density at radius 1 is 1.25 bits per heavy atom. The first-order valence-electron chi connectivity index (χ1n) is 6.43. The highest BCUT2D eigenvalue weighted by Gasteiger charge is 2.32. The van der Waals surface area contributed by atoms with Crippen molar-refractivity contribution in [2.24, 2.45) is 13.0 Å². The van der Waals surface area contributed by atoms with Gasteiger partial charge in [-0.25, -0.2) is 0 Å². The molecule has 0 aliphatic heterocycles. The van der Waals surface area contributed by atoms with Gasteiger partial charge in [-0.15, -0.1) is 0 Å². The zero-order valence-corrected chi connectivity index (χ0v) is 12.9. The first kappa shape index (κ1) is 16.5. The Balaban J connectivity index is 2.99. The second-order valence-corrected chi connectivity index (χ2v) is 4.61. The van der Waals surface area contributed by atoms with Crippen molar-refractivity contribution in [2.45, 2.75) is 27.2 Å². The summed E-state index contributed by atoms with van der Waals surface area (Å²) in [5.74, 6) is -2.25. The summed E-state index contributed by atoms with van der Waals surface area (Å²) in [4.78, 5) is 23.8. The molecular formula is C13H19ClN2O4. The van der Waals surface area contributed by atoms with Crippen LogP contribution in [-0.4, -0.2) is 34.9 Å². The van der Waals surface area contributed by atoms with Crippen LogP contribution in [-0.2, 0) is 32.5 Å². The van der Waals surface area contributed by atoms with Crippen LogP contribution < -0.4 is 0 Å². The molecule has 1 rings (SSSR count). The van der Waals surface area contributed by atoms with Crippen molar-refractivity contribution >= 4 is 23.5 Å². The molecule has 1 heterocycles. The number of carbonyl (C=O) groups is 2. The van der Waals surface area contributed by atoms with Gasteiger partial charge in [0.15, 0.2) is 5.92 Å². The number of carbonyl (C=O) groups excluding carboxylic acids is 2. The van der Waals surface area contributed by atoms with Crippen LogP contribution in [0, 0.1) is 12.8 Å². The van der Waals surface area contributed by atoms with Crippen molar-refractivity contribution in [1.29, 1.82) is 0 Å². The molecule has 0 aliphatic rings. The summed E-state index contributed by atoms with van der Waals surface area (Å²) in [5, 5.41) is 4.60. The number of hydrogen-bond acceptors (Lipinski definition) is 5. The number of halogens is 1. The van der Waals surface area contributed by atoms with Gasteiger partial charge in [0.05, 0.1) is 29.6 Å². The maximum atomic E-state index is 11.9. The predicted octanol–water partition coefficient (Wildman–Crippen LogP) is 1.67. The Morgan fingerprint density at radius 3 is 2.10 bits per heavy atom. The molecule has 0 N–H and O–H groups in total. The molecule has 0 spiro atoms. The Bertz CT molecular complexity index is 481. The average Bonchev–Trinajstić information content (AvgIpc) is 2.61. The number of aromatic nitrogens is 2. The van der Waals surface area contributed by atoms with Crippen LogP contribution in [0.25, 0.3) is 0 Å². The highest BCUT2D eigenvalue weighted by molar-refractivity contribution is 6.31. The molecule has 112 valence electrons. The summed E-state index contributed by atoms with van der Waals surface area (Å²) in [5.41, 5.74) is 1.26. The van der Waals surface area contributed by atoms with E-state index >= 15 is 0 Å². The summed E-state index contributed by atoms with van der Waals surface area (Å²) < 4.78 is 11.4. The molecule has 1 aromatic heterocycles. The summed E-state index contributed by atoms with van der Waals surface area (Å²) in [6.45, 7) is 5.53. The fraction of sp³-hybridized carbons (Fsp3) is 0.615. The highest BCUT2D eigenvalue weighted by Crippen LogP contribution is 2.23. The van der Waals surface area contributed by atoms with Crippen molar-refractivity contribution in [2.75, 3.05) is 13.2 Å². The first-order chi connectivity index (χ1) is 9.42. The fourth-order valence-corrected chi connectivity index (χ4v) is 2.08. The smallest absolute Gasteiger partial charge is 0.320 e. The number of nitrogens with zero attached hydrogens (tertiary/aromatic N) is 2. The lowest BCUT2D eigenvalue weighted by molar-refractivity contribution is -0.161. The van der Waals surface area contributed by atoms with E-state index < -0.39 is 17.9 Å². The van der Waals surface area contributed by atoms with Gasteiger partial charge in [0.1, 0.15) is 0 Å². The second kappa shape index (κ2) is 7.28. The van der Waals surface area contributed by atoms with E-state index in [9.17, 15) is 9.59 Å². The lowest BCUT2D eigenvalue weighted by Crippen LogP contribution is -2.30. The van der Waals surface area contributed by atoms with Gasteiger partial charge in [0.25, 0.3) is 0 Å². The van der Waals surface area contributed by atoms with Gasteiger partial charge in [-0.05, 0) is 20.8 Å². The summed E-state index contributed by atoms with van der Waals surface area (Å²) in [7, 11) is 1.71. The molecule has 0 amide bonds. The van der Waals surface area contributed by atoms with Crippen LogP contribution in [0.3, 0.4) is 0 Å². The topological polar surface area (TPSA) is 70.4 Å². The molecule has 1 aromatic rings. The zero-order valence-electron chi connectivity index (χ0n) is 12.1. The number of esters is 2. The Labute approximate surface area is 123 Å². The SMILES string of the molecule is CCOC(=O)C(Cc1c(Cl)c(C)nn1C)C(=O)OCC. The normalized spacial score (nSPS) is 10.7. The van der Waals surface area contributed by atoms with E-state index in [4.69, 9.17) is 21.1 Å². The van der Waals surface area contributed by atoms with E-state index in [1.165, 1.54) is 0 Å². The van der Waals surface area contributed by atoms with E-state index in [0.29, 0.717) is 16.4 Å². The van der Waals surface area contributed by atoms with Crippen LogP contribution in [0.15, 0.2) is 0 Å². The molecule has 6 nitrogen and oxygen atoms in total. The lowest BCUT2D eigenvalue weighted by Gasteiger charge is -2.14. The van der Waals surface area contributed by atoms with Crippen LogP contribution in [0.5, 0.6) is 0 Å². The number of ether oxygens (including phenoxy) is 2. The maximum Gasteiger partial charge on any atom is 0.320 e. The molecule has 0 saturated carbocycles. The van der Waals surface area contributed by atoms with E-state index in [-0.39, 0.29) is 19.6 Å². The van der Waals surface area contributed by atoms with Gasteiger partial charge in [-0.3, -0.25) is 14.3 Å². The quantitative estimate of drug-likeness (QED) is 0.590. The van der Waals surface area contributed by atoms with E-state index in [2.05, 4.69) is 5.10 Å². The van der Waals surface area contributed by atoms with Crippen LogP contribution in [0.1, 0.15) is 25.2 Å². The Hall–Kier alpha value is -1.56. The molecule has 0 bridgehead atoms. The van der Waals surface area contributed by atoms with Crippen molar-refractivity contribution in [3.05, 3.63) is 16.4 Å². The Morgan fingerprint density at radius 2 is 1.75 bits per heavy atom. The van der Waals surface area contributed by atoms with Gasteiger partial charge in [-0.1, -0.05) is 11.6 Å². The van der Waals surface area contributed by atoms with Gasteiger partial charge in [0.2, 0.25) is 0 Å². The van der Waals surface area contributed by atoms with Crippen LogP contribution >= 0.6 is 11.6 Å².